The number of pyridine rings is 1. The number of aryl methyl sites for hydroxylation is 1. The molecule has 1 heterocycles. The van der Waals surface area contributed by atoms with Crippen LogP contribution in [0.25, 0.3) is 10.9 Å². The van der Waals surface area contributed by atoms with Gasteiger partial charge in [-0.1, -0.05) is 41.4 Å². The smallest absolute Gasteiger partial charge is 0.341 e. The summed E-state index contributed by atoms with van der Waals surface area (Å²) < 4.78 is 10.6. The Morgan fingerprint density at radius 3 is 1.65 bits per heavy atom. The molecule has 0 atom stereocenters. The maximum Gasteiger partial charge on any atom is 0.341 e. The number of halogens is 2. The molecule has 0 amide bonds. The third kappa shape index (κ3) is 6.02. The molecule has 3 aromatic carbocycles. The number of aromatic nitrogens is 1. The molecule has 0 N–H and O–H groups in total. The fourth-order valence-electron chi connectivity index (χ4n) is 3.64. The summed E-state index contributed by atoms with van der Waals surface area (Å²) in [6, 6.07) is 19.0. The first-order chi connectivity index (χ1) is 17.7. The van der Waals surface area contributed by atoms with Crippen LogP contribution in [0.15, 0.2) is 72.8 Å². The largest absolute Gasteiger partial charge is 0.454 e. The zero-order valence-corrected chi connectivity index (χ0v) is 21.0. The number of esters is 2. The maximum absolute atomic E-state index is 13.2. The first-order valence-electron chi connectivity index (χ1n) is 11.1. The molecule has 0 spiro atoms. The fourth-order valence-corrected chi connectivity index (χ4v) is 3.89. The van der Waals surface area contributed by atoms with Crippen molar-refractivity contribution in [3.05, 3.63) is 111 Å². The van der Waals surface area contributed by atoms with Gasteiger partial charge in [-0.25, -0.2) is 9.59 Å². The monoisotopic (exact) mass is 535 g/mol. The van der Waals surface area contributed by atoms with Crippen molar-refractivity contribution in [1.29, 1.82) is 0 Å². The lowest BCUT2D eigenvalue weighted by Gasteiger charge is -2.14. The van der Waals surface area contributed by atoms with Crippen LogP contribution < -0.4 is 0 Å². The molecular weight excluding hydrogens is 517 g/mol. The third-order valence-electron chi connectivity index (χ3n) is 5.48. The topological polar surface area (TPSA) is 99.6 Å². The standard InChI is InChI=1S/C28H19Cl2NO6/c1-16-25(27(34)36-14-23(32)17-6-10-19(29)11-7-17)26(21-4-2-3-5-22(21)31-16)28(35)37-15-24(33)18-8-12-20(30)13-9-18/h2-13H,14-15H2,1H3. The highest BCUT2D eigenvalue weighted by Crippen LogP contribution is 2.25. The molecule has 0 aliphatic carbocycles. The van der Waals surface area contributed by atoms with Gasteiger partial charge in [-0.15, -0.1) is 0 Å². The van der Waals surface area contributed by atoms with E-state index >= 15 is 0 Å². The van der Waals surface area contributed by atoms with Gasteiger partial charge in [0.05, 0.1) is 22.3 Å². The first kappa shape index (κ1) is 26.0. The van der Waals surface area contributed by atoms with Gasteiger partial charge < -0.3 is 9.47 Å². The molecule has 37 heavy (non-hydrogen) atoms. The van der Waals surface area contributed by atoms with Crippen molar-refractivity contribution < 1.29 is 28.7 Å². The molecule has 9 heteroatoms. The minimum absolute atomic E-state index is 0.101. The minimum atomic E-state index is -0.922. The van der Waals surface area contributed by atoms with Crippen LogP contribution in [-0.2, 0) is 9.47 Å². The molecule has 0 aliphatic heterocycles. The number of Topliss-reactive ketones (excluding diaryl/α,β-unsaturated/α-hetero) is 2. The van der Waals surface area contributed by atoms with Gasteiger partial charge in [0.2, 0.25) is 0 Å². The molecule has 0 saturated carbocycles. The molecule has 0 aliphatic rings. The van der Waals surface area contributed by atoms with E-state index in [9.17, 15) is 19.2 Å². The Morgan fingerprint density at radius 1 is 0.676 bits per heavy atom. The van der Waals surface area contributed by atoms with Crippen LogP contribution in [0.4, 0.5) is 0 Å². The van der Waals surface area contributed by atoms with E-state index in [0.29, 0.717) is 32.1 Å². The lowest BCUT2D eigenvalue weighted by molar-refractivity contribution is 0.0439. The average Bonchev–Trinajstić information content (AvgIpc) is 2.90. The van der Waals surface area contributed by atoms with E-state index in [4.69, 9.17) is 32.7 Å². The molecule has 4 rings (SSSR count). The van der Waals surface area contributed by atoms with Crippen molar-refractivity contribution >= 4 is 57.6 Å². The molecule has 0 saturated heterocycles. The number of carbonyl (C=O) groups is 4. The van der Waals surface area contributed by atoms with Gasteiger partial charge in [0.15, 0.2) is 24.8 Å². The van der Waals surface area contributed by atoms with Crippen LogP contribution in [0.1, 0.15) is 47.1 Å². The van der Waals surface area contributed by atoms with E-state index < -0.39 is 36.7 Å². The molecule has 0 bridgehead atoms. The van der Waals surface area contributed by atoms with Crippen LogP contribution in [0.3, 0.4) is 0 Å². The van der Waals surface area contributed by atoms with Crippen LogP contribution in [0, 0.1) is 6.92 Å². The molecule has 7 nitrogen and oxygen atoms in total. The predicted octanol–water partition coefficient (Wildman–Crippen LogP) is 5.93. The lowest BCUT2D eigenvalue weighted by Crippen LogP contribution is -2.21. The number of hydrogen-bond donors (Lipinski definition) is 0. The molecule has 1 aromatic heterocycles. The Kier molecular flexibility index (Phi) is 7.96. The van der Waals surface area contributed by atoms with E-state index in [1.165, 1.54) is 24.3 Å². The highest BCUT2D eigenvalue weighted by molar-refractivity contribution is 6.31. The van der Waals surface area contributed by atoms with Crippen molar-refractivity contribution in [1.82, 2.24) is 4.98 Å². The Balaban J connectivity index is 1.59. The maximum atomic E-state index is 13.2. The highest BCUT2D eigenvalue weighted by atomic mass is 35.5. The summed E-state index contributed by atoms with van der Waals surface area (Å²) in [6.07, 6.45) is 0. The summed E-state index contributed by atoms with van der Waals surface area (Å²) in [5, 5.41) is 1.27. The Bertz CT molecular complexity index is 1510. The summed E-state index contributed by atoms with van der Waals surface area (Å²) >= 11 is 11.7. The molecule has 0 radical (unpaired) electrons. The molecule has 0 fully saturated rings. The number of fused-ring (bicyclic) bond motifs is 1. The van der Waals surface area contributed by atoms with Gasteiger partial charge in [-0.3, -0.25) is 14.6 Å². The Hall–Kier alpha value is -4.07. The number of rotatable bonds is 8. The minimum Gasteiger partial charge on any atom is -0.454 e. The van der Waals surface area contributed by atoms with Gasteiger partial charge in [-0.05, 0) is 61.5 Å². The van der Waals surface area contributed by atoms with Gasteiger partial charge in [0, 0.05) is 26.6 Å². The normalized spacial score (nSPS) is 10.7. The molecular formula is C28H19Cl2NO6. The quantitative estimate of drug-likeness (QED) is 0.203. The van der Waals surface area contributed by atoms with Crippen LogP contribution >= 0.6 is 23.2 Å². The van der Waals surface area contributed by atoms with Crippen molar-refractivity contribution in [3.8, 4) is 0 Å². The summed E-state index contributed by atoms with van der Waals surface area (Å²) in [5.41, 5.74) is 1.03. The number of ketones is 2. The lowest BCUT2D eigenvalue weighted by atomic mass is 10.0. The molecule has 0 unspecified atom stereocenters. The number of hydrogen-bond acceptors (Lipinski definition) is 7. The van der Waals surface area contributed by atoms with E-state index in [-0.39, 0.29) is 16.8 Å². The summed E-state index contributed by atoms with van der Waals surface area (Å²) in [6.45, 7) is 0.426. The first-order valence-corrected chi connectivity index (χ1v) is 11.8. The zero-order valence-electron chi connectivity index (χ0n) is 19.5. The number of benzene rings is 3. The Labute approximate surface area is 221 Å². The van der Waals surface area contributed by atoms with E-state index in [0.717, 1.165) is 0 Å². The second-order valence-electron chi connectivity index (χ2n) is 7.98. The number of carbonyl (C=O) groups excluding carboxylic acids is 4. The molecule has 186 valence electrons. The number of para-hydroxylation sites is 1. The zero-order chi connectivity index (χ0) is 26.5. The fraction of sp³-hybridized carbons (Fsp3) is 0.107. The summed E-state index contributed by atoms with van der Waals surface area (Å²) in [5.74, 6) is -2.72. The van der Waals surface area contributed by atoms with Crippen molar-refractivity contribution in [2.75, 3.05) is 13.2 Å². The van der Waals surface area contributed by atoms with Gasteiger partial charge in [0.1, 0.15) is 0 Å². The second kappa shape index (κ2) is 11.3. The van der Waals surface area contributed by atoms with Crippen LogP contribution in [0.2, 0.25) is 10.0 Å². The highest BCUT2D eigenvalue weighted by Gasteiger charge is 2.27. The number of ether oxygens (including phenoxy) is 2. The van der Waals surface area contributed by atoms with Gasteiger partial charge >= 0.3 is 11.9 Å². The van der Waals surface area contributed by atoms with Crippen molar-refractivity contribution in [2.45, 2.75) is 6.92 Å². The van der Waals surface area contributed by atoms with E-state index in [2.05, 4.69) is 4.98 Å². The van der Waals surface area contributed by atoms with Crippen LogP contribution in [0.5, 0.6) is 0 Å². The Morgan fingerprint density at radius 2 is 1.14 bits per heavy atom. The summed E-state index contributed by atoms with van der Waals surface area (Å²) in [7, 11) is 0. The average molecular weight is 536 g/mol. The van der Waals surface area contributed by atoms with Gasteiger partial charge in [0.25, 0.3) is 0 Å². The van der Waals surface area contributed by atoms with Crippen molar-refractivity contribution in [2.24, 2.45) is 0 Å². The number of nitrogens with zero attached hydrogens (tertiary/aromatic N) is 1. The SMILES string of the molecule is Cc1nc2ccccc2c(C(=O)OCC(=O)c2ccc(Cl)cc2)c1C(=O)OCC(=O)c1ccc(Cl)cc1. The third-order valence-corrected chi connectivity index (χ3v) is 5.99. The van der Waals surface area contributed by atoms with Crippen molar-refractivity contribution in [3.63, 3.8) is 0 Å². The van der Waals surface area contributed by atoms with Crippen LogP contribution in [-0.4, -0.2) is 41.7 Å². The van der Waals surface area contributed by atoms with E-state index in [1.807, 2.05) is 0 Å². The second-order valence-corrected chi connectivity index (χ2v) is 8.85. The van der Waals surface area contributed by atoms with Gasteiger partial charge in [-0.2, -0.15) is 0 Å². The summed E-state index contributed by atoms with van der Waals surface area (Å²) in [4.78, 5) is 55.7. The molecule has 4 aromatic rings. The van der Waals surface area contributed by atoms with E-state index in [1.54, 1.807) is 55.5 Å². The predicted molar refractivity (Wildman–Crippen MR) is 139 cm³/mol.